The summed E-state index contributed by atoms with van der Waals surface area (Å²) in [6.07, 6.45) is 0. The molecule has 0 saturated carbocycles. The van der Waals surface area contributed by atoms with Crippen molar-refractivity contribution >= 4 is 43.0 Å². The monoisotopic (exact) mass is 377 g/mol. The van der Waals surface area contributed by atoms with Gasteiger partial charge in [0.05, 0.1) is 9.47 Å². The molecule has 0 unspecified atom stereocenters. The second-order valence-corrected chi connectivity index (χ2v) is 8.63. The zero-order valence-corrected chi connectivity index (χ0v) is 14.1. The van der Waals surface area contributed by atoms with Crippen LogP contribution >= 0.6 is 27.3 Å². The number of nitrogens with zero attached hydrogens (tertiary/aromatic N) is 1. The zero-order valence-electron chi connectivity index (χ0n) is 10.9. The summed E-state index contributed by atoms with van der Waals surface area (Å²) in [7, 11) is -3.62. The fourth-order valence-electron chi connectivity index (χ4n) is 1.77. The molecule has 3 nitrogen and oxygen atoms in total. The Kier molecular flexibility index (Phi) is 4.51. The molecule has 0 aliphatic heterocycles. The molecule has 0 aliphatic rings. The predicted octanol–water partition coefficient (Wildman–Crippen LogP) is 4.17. The van der Waals surface area contributed by atoms with Crippen LogP contribution in [0.5, 0.6) is 0 Å². The average Bonchev–Trinajstić information content (AvgIpc) is 2.73. The van der Waals surface area contributed by atoms with E-state index in [0.717, 1.165) is 9.35 Å². The molecule has 7 heteroatoms. The Morgan fingerprint density at radius 2 is 1.90 bits per heavy atom. The first-order valence-corrected chi connectivity index (χ1v) is 8.95. The molecule has 0 spiro atoms. The summed E-state index contributed by atoms with van der Waals surface area (Å²) in [5, 5.41) is 0. The number of sulfonamides is 1. The van der Waals surface area contributed by atoms with Crippen molar-refractivity contribution in [3.05, 3.63) is 45.5 Å². The first-order valence-electron chi connectivity index (χ1n) is 5.90. The molecule has 20 heavy (non-hydrogen) atoms. The normalized spacial score (nSPS) is 11.6. The predicted molar refractivity (Wildman–Crippen MR) is 83.4 cm³/mol. The Balaban J connectivity index is 2.47. The van der Waals surface area contributed by atoms with E-state index in [2.05, 4.69) is 15.9 Å². The van der Waals surface area contributed by atoms with Crippen molar-refractivity contribution in [1.29, 1.82) is 0 Å². The summed E-state index contributed by atoms with van der Waals surface area (Å²) < 4.78 is 40.6. The van der Waals surface area contributed by atoms with Gasteiger partial charge in [-0.1, -0.05) is 0 Å². The van der Waals surface area contributed by atoms with Crippen LogP contribution in [0.4, 0.5) is 10.1 Å². The molecule has 108 valence electrons. The number of aryl methyl sites for hydroxylation is 1. The number of halogens is 2. The second-order valence-electron chi connectivity index (χ2n) is 4.17. The third-order valence-electron chi connectivity index (χ3n) is 2.78. The lowest BCUT2D eigenvalue weighted by molar-refractivity contribution is 0.593. The van der Waals surface area contributed by atoms with Gasteiger partial charge in [0, 0.05) is 6.54 Å². The van der Waals surface area contributed by atoms with E-state index in [4.69, 9.17) is 0 Å². The van der Waals surface area contributed by atoms with Crippen LogP contribution in [-0.2, 0) is 10.0 Å². The van der Waals surface area contributed by atoms with E-state index in [1.54, 1.807) is 13.0 Å². The van der Waals surface area contributed by atoms with Crippen molar-refractivity contribution in [3.8, 4) is 0 Å². The number of rotatable bonds is 4. The zero-order chi connectivity index (χ0) is 14.9. The number of benzene rings is 1. The van der Waals surface area contributed by atoms with E-state index in [9.17, 15) is 12.8 Å². The molecule has 0 N–H and O–H groups in total. The van der Waals surface area contributed by atoms with E-state index in [1.807, 2.05) is 6.92 Å². The Morgan fingerprint density at radius 3 is 2.35 bits per heavy atom. The first-order chi connectivity index (χ1) is 9.36. The molecular weight excluding hydrogens is 365 g/mol. The average molecular weight is 378 g/mol. The summed E-state index contributed by atoms with van der Waals surface area (Å²) in [6, 6.07) is 7.07. The fourth-order valence-corrected chi connectivity index (χ4v) is 5.58. The minimum atomic E-state index is -3.62. The van der Waals surface area contributed by atoms with Crippen LogP contribution in [0.3, 0.4) is 0 Å². The molecule has 0 fully saturated rings. The Hall–Kier alpha value is -0.920. The van der Waals surface area contributed by atoms with Crippen LogP contribution in [0, 0.1) is 12.7 Å². The van der Waals surface area contributed by atoms with Gasteiger partial charge in [-0.3, -0.25) is 4.31 Å². The number of thiophene rings is 1. The van der Waals surface area contributed by atoms with E-state index in [-0.39, 0.29) is 10.8 Å². The van der Waals surface area contributed by atoms with Gasteiger partial charge in [-0.2, -0.15) is 0 Å². The number of hydrogen-bond donors (Lipinski definition) is 0. The molecule has 0 bridgehead atoms. The number of hydrogen-bond acceptors (Lipinski definition) is 3. The van der Waals surface area contributed by atoms with Crippen molar-refractivity contribution in [2.75, 3.05) is 10.8 Å². The number of anilines is 1. The van der Waals surface area contributed by atoms with Gasteiger partial charge in [0.2, 0.25) is 0 Å². The Bertz CT molecular complexity index is 691. The van der Waals surface area contributed by atoms with Gasteiger partial charge in [0.15, 0.2) is 0 Å². The summed E-state index contributed by atoms with van der Waals surface area (Å²) in [4.78, 5) is 0. The molecule has 0 atom stereocenters. The lowest BCUT2D eigenvalue weighted by atomic mass is 10.3. The van der Waals surface area contributed by atoms with Gasteiger partial charge in [-0.15, -0.1) is 11.3 Å². The van der Waals surface area contributed by atoms with Crippen LogP contribution in [-0.4, -0.2) is 15.0 Å². The molecule has 1 aromatic carbocycles. The van der Waals surface area contributed by atoms with Gasteiger partial charge in [0.25, 0.3) is 10.0 Å². The third-order valence-corrected chi connectivity index (χ3v) is 7.27. The summed E-state index contributed by atoms with van der Waals surface area (Å²) in [5.74, 6) is -0.392. The van der Waals surface area contributed by atoms with Crippen molar-refractivity contribution in [1.82, 2.24) is 0 Å². The van der Waals surface area contributed by atoms with Crippen LogP contribution in [0.2, 0.25) is 0 Å². The molecule has 1 aromatic heterocycles. The van der Waals surface area contributed by atoms with E-state index < -0.39 is 15.8 Å². The Morgan fingerprint density at radius 1 is 1.30 bits per heavy atom. The minimum Gasteiger partial charge on any atom is -0.266 e. The van der Waals surface area contributed by atoms with Crippen molar-refractivity contribution in [2.45, 2.75) is 18.1 Å². The highest BCUT2D eigenvalue weighted by Gasteiger charge is 2.26. The molecule has 0 amide bonds. The first kappa shape index (κ1) is 15.5. The maximum Gasteiger partial charge on any atom is 0.273 e. The van der Waals surface area contributed by atoms with Crippen LogP contribution in [0.15, 0.2) is 38.3 Å². The summed E-state index contributed by atoms with van der Waals surface area (Å²) in [5.41, 5.74) is 1.33. The second kappa shape index (κ2) is 5.83. The van der Waals surface area contributed by atoms with Gasteiger partial charge in [-0.25, -0.2) is 12.8 Å². The van der Waals surface area contributed by atoms with Gasteiger partial charge in [-0.05, 0) is 65.7 Å². The minimum absolute atomic E-state index is 0.271. The topological polar surface area (TPSA) is 37.4 Å². The summed E-state index contributed by atoms with van der Waals surface area (Å²) in [6.45, 7) is 3.87. The lowest BCUT2D eigenvalue weighted by Gasteiger charge is -2.21. The maximum absolute atomic E-state index is 13.0. The van der Waals surface area contributed by atoms with Crippen LogP contribution in [0.1, 0.15) is 12.5 Å². The Labute approximate surface area is 130 Å². The molecule has 2 rings (SSSR count). The van der Waals surface area contributed by atoms with Crippen molar-refractivity contribution in [2.24, 2.45) is 0 Å². The SMILES string of the molecule is CCN(c1ccc(F)cc1)S(=O)(=O)c1cc(C)c(Br)s1. The summed E-state index contributed by atoms with van der Waals surface area (Å²) >= 11 is 4.51. The van der Waals surface area contributed by atoms with Crippen molar-refractivity contribution in [3.63, 3.8) is 0 Å². The van der Waals surface area contributed by atoms with E-state index in [1.165, 1.54) is 39.9 Å². The standard InChI is InChI=1S/C13H13BrFNO2S2/c1-3-16(11-6-4-10(15)5-7-11)20(17,18)12-8-9(2)13(14)19-12/h4-8H,3H2,1-2H3. The van der Waals surface area contributed by atoms with Crippen LogP contribution in [0.25, 0.3) is 0 Å². The molecule has 0 radical (unpaired) electrons. The quantitative estimate of drug-likeness (QED) is 0.801. The smallest absolute Gasteiger partial charge is 0.266 e. The highest BCUT2D eigenvalue weighted by molar-refractivity contribution is 9.11. The maximum atomic E-state index is 13.0. The van der Waals surface area contributed by atoms with Crippen molar-refractivity contribution < 1.29 is 12.8 Å². The highest BCUT2D eigenvalue weighted by Crippen LogP contribution is 2.33. The fraction of sp³-hybridized carbons (Fsp3) is 0.231. The van der Waals surface area contributed by atoms with Gasteiger partial charge in [0.1, 0.15) is 10.0 Å². The highest BCUT2D eigenvalue weighted by atomic mass is 79.9. The molecule has 0 aliphatic carbocycles. The molecule has 2 aromatic rings. The van der Waals surface area contributed by atoms with Gasteiger partial charge >= 0.3 is 0 Å². The molecule has 1 heterocycles. The largest absolute Gasteiger partial charge is 0.273 e. The van der Waals surface area contributed by atoms with Gasteiger partial charge < -0.3 is 0 Å². The molecule has 0 saturated heterocycles. The third kappa shape index (κ3) is 2.89. The van der Waals surface area contributed by atoms with E-state index >= 15 is 0 Å². The lowest BCUT2D eigenvalue weighted by Crippen LogP contribution is -2.30. The van der Waals surface area contributed by atoms with E-state index in [0.29, 0.717) is 5.69 Å². The van der Waals surface area contributed by atoms with Crippen LogP contribution < -0.4 is 4.31 Å². The molecular formula is C13H13BrFNO2S2.